The van der Waals surface area contributed by atoms with Crippen LogP contribution < -0.4 is 5.32 Å². The quantitative estimate of drug-likeness (QED) is 0.829. The van der Waals surface area contributed by atoms with E-state index >= 15 is 0 Å². The molecular formula is C14H13ClN. The van der Waals surface area contributed by atoms with Crippen LogP contribution in [0.25, 0.3) is 0 Å². The maximum absolute atomic E-state index is 5.83. The first-order valence-corrected chi connectivity index (χ1v) is 5.61. The van der Waals surface area contributed by atoms with Crippen LogP contribution in [0.2, 0.25) is 5.02 Å². The van der Waals surface area contributed by atoms with E-state index in [-0.39, 0.29) is 6.04 Å². The Morgan fingerprint density at radius 2 is 1.69 bits per heavy atom. The summed E-state index contributed by atoms with van der Waals surface area (Å²) in [6.07, 6.45) is 0. The standard InChI is InChI=1S/C14H13ClN/c1-11(12-5-3-2-4-6-12)16-14-9-7-13(15)8-10-14/h3-11,16H,1H3. The molecule has 0 spiro atoms. The Bertz CT molecular complexity index is 436. The average Bonchev–Trinajstić information content (AvgIpc) is 2.33. The van der Waals surface area contributed by atoms with Crippen LogP contribution in [0, 0.1) is 6.07 Å². The fraction of sp³-hybridized carbons (Fsp3) is 0.143. The zero-order valence-electron chi connectivity index (χ0n) is 9.07. The van der Waals surface area contributed by atoms with Crippen LogP contribution in [0.4, 0.5) is 5.69 Å². The topological polar surface area (TPSA) is 12.0 Å². The Kier molecular flexibility index (Phi) is 3.47. The van der Waals surface area contributed by atoms with Crippen molar-refractivity contribution in [1.29, 1.82) is 0 Å². The third kappa shape index (κ3) is 2.77. The highest BCUT2D eigenvalue weighted by Gasteiger charge is 2.03. The Morgan fingerprint density at radius 3 is 2.31 bits per heavy atom. The van der Waals surface area contributed by atoms with Gasteiger partial charge in [-0.3, -0.25) is 0 Å². The van der Waals surface area contributed by atoms with Crippen LogP contribution in [0.3, 0.4) is 0 Å². The number of nitrogens with one attached hydrogen (secondary N) is 1. The molecule has 1 atom stereocenters. The molecule has 0 aliphatic carbocycles. The van der Waals surface area contributed by atoms with Crippen molar-refractivity contribution in [2.75, 3.05) is 5.32 Å². The predicted molar refractivity (Wildman–Crippen MR) is 68.8 cm³/mol. The molecule has 1 radical (unpaired) electrons. The molecule has 0 saturated heterocycles. The van der Waals surface area contributed by atoms with Crippen molar-refractivity contribution in [3.8, 4) is 0 Å². The SMILES string of the molecule is CC(Nc1ccc(Cl)cc1)c1cc[c]cc1. The Morgan fingerprint density at radius 1 is 1.06 bits per heavy atom. The summed E-state index contributed by atoms with van der Waals surface area (Å²) in [4.78, 5) is 0. The zero-order chi connectivity index (χ0) is 11.4. The minimum atomic E-state index is 0.274. The van der Waals surface area contributed by atoms with Gasteiger partial charge in [0.2, 0.25) is 0 Å². The van der Waals surface area contributed by atoms with E-state index in [1.54, 1.807) is 0 Å². The summed E-state index contributed by atoms with van der Waals surface area (Å²) in [6.45, 7) is 2.13. The highest BCUT2D eigenvalue weighted by atomic mass is 35.5. The number of anilines is 1. The monoisotopic (exact) mass is 230 g/mol. The van der Waals surface area contributed by atoms with Crippen molar-refractivity contribution in [2.45, 2.75) is 13.0 Å². The molecule has 81 valence electrons. The van der Waals surface area contributed by atoms with Gasteiger partial charge in [0.25, 0.3) is 0 Å². The maximum atomic E-state index is 5.83. The minimum absolute atomic E-state index is 0.274. The molecule has 0 fully saturated rings. The molecule has 1 unspecified atom stereocenters. The Hall–Kier alpha value is -1.47. The van der Waals surface area contributed by atoms with E-state index in [0.29, 0.717) is 0 Å². The lowest BCUT2D eigenvalue weighted by Gasteiger charge is -2.15. The summed E-state index contributed by atoms with van der Waals surface area (Å²) in [6, 6.07) is 19.0. The molecule has 0 bridgehead atoms. The van der Waals surface area contributed by atoms with E-state index in [4.69, 9.17) is 11.6 Å². The van der Waals surface area contributed by atoms with E-state index in [1.807, 2.05) is 36.4 Å². The van der Waals surface area contributed by atoms with Gasteiger partial charge in [-0.25, -0.2) is 0 Å². The van der Waals surface area contributed by atoms with E-state index in [1.165, 1.54) is 5.56 Å². The van der Waals surface area contributed by atoms with Crippen LogP contribution in [-0.4, -0.2) is 0 Å². The molecule has 2 aromatic carbocycles. The molecule has 0 aromatic heterocycles. The molecule has 16 heavy (non-hydrogen) atoms. The molecule has 0 aliphatic rings. The van der Waals surface area contributed by atoms with Crippen LogP contribution in [0.5, 0.6) is 0 Å². The van der Waals surface area contributed by atoms with Crippen molar-refractivity contribution in [2.24, 2.45) is 0 Å². The van der Waals surface area contributed by atoms with Gasteiger partial charge in [-0.2, -0.15) is 0 Å². The smallest absolute Gasteiger partial charge is 0.0485 e. The van der Waals surface area contributed by atoms with E-state index in [9.17, 15) is 0 Å². The molecule has 0 heterocycles. The largest absolute Gasteiger partial charge is 0.379 e. The van der Waals surface area contributed by atoms with Crippen molar-refractivity contribution in [3.63, 3.8) is 0 Å². The van der Waals surface area contributed by atoms with Gasteiger partial charge in [0, 0.05) is 16.8 Å². The normalized spacial score (nSPS) is 12.1. The van der Waals surface area contributed by atoms with Crippen LogP contribution in [0.15, 0.2) is 48.5 Å². The lowest BCUT2D eigenvalue weighted by atomic mass is 10.1. The summed E-state index contributed by atoms with van der Waals surface area (Å²) in [5, 5.41) is 4.17. The first kappa shape index (κ1) is 11.0. The van der Waals surface area contributed by atoms with E-state index in [2.05, 4.69) is 30.4 Å². The molecule has 0 saturated carbocycles. The predicted octanol–water partition coefficient (Wildman–Crippen LogP) is 4.31. The third-order valence-electron chi connectivity index (χ3n) is 2.47. The van der Waals surface area contributed by atoms with Gasteiger partial charge in [0.05, 0.1) is 0 Å². The number of rotatable bonds is 3. The van der Waals surface area contributed by atoms with E-state index in [0.717, 1.165) is 10.7 Å². The van der Waals surface area contributed by atoms with Gasteiger partial charge < -0.3 is 5.32 Å². The van der Waals surface area contributed by atoms with Crippen LogP contribution >= 0.6 is 11.6 Å². The third-order valence-corrected chi connectivity index (χ3v) is 2.72. The van der Waals surface area contributed by atoms with Gasteiger partial charge in [-0.15, -0.1) is 0 Å². The van der Waals surface area contributed by atoms with Gasteiger partial charge in [-0.05, 0) is 42.8 Å². The molecule has 2 heteroatoms. The summed E-state index contributed by atoms with van der Waals surface area (Å²) >= 11 is 5.83. The lowest BCUT2D eigenvalue weighted by Crippen LogP contribution is -2.05. The van der Waals surface area contributed by atoms with Crippen molar-refractivity contribution in [3.05, 3.63) is 65.2 Å². The minimum Gasteiger partial charge on any atom is -0.379 e. The second-order valence-electron chi connectivity index (χ2n) is 3.71. The second kappa shape index (κ2) is 5.04. The molecule has 0 amide bonds. The Balaban J connectivity index is 2.08. The summed E-state index contributed by atoms with van der Waals surface area (Å²) < 4.78 is 0. The van der Waals surface area contributed by atoms with Crippen molar-refractivity contribution >= 4 is 17.3 Å². The van der Waals surface area contributed by atoms with Gasteiger partial charge in [0.15, 0.2) is 0 Å². The zero-order valence-corrected chi connectivity index (χ0v) is 9.83. The van der Waals surface area contributed by atoms with Gasteiger partial charge >= 0.3 is 0 Å². The second-order valence-corrected chi connectivity index (χ2v) is 4.14. The number of halogens is 1. The molecule has 2 aromatic rings. The summed E-state index contributed by atoms with van der Waals surface area (Å²) in [5.74, 6) is 0. The van der Waals surface area contributed by atoms with Crippen molar-refractivity contribution < 1.29 is 0 Å². The Labute approximate surface area is 101 Å². The highest BCUT2D eigenvalue weighted by molar-refractivity contribution is 6.30. The fourth-order valence-corrected chi connectivity index (χ4v) is 1.69. The average molecular weight is 231 g/mol. The molecule has 0 aliphatic heterocycles. The van der Waals surface area contributed by atoms with Gasteiger partial charge in [-0.1, -0.05) is 35.9 Å². The highest BCUT2D eigenvalue weighted by Crippen LogP contribution is 2.20. The number of benzene rings is 2. The van der Waals surface area contributed by atoms with E-state index < -0.39 is 0 Å². The number of hydrogen-bond acceptors (Lipinski definition) is 1. The first-order chi connectivity index (χ1) is 7.75. The van der Waals surface area contributed by atoms with Gasteiger partial charge in [0.1, 0.15) is 0 Å². The lowest BCUT2D eigenvalue weighted by molar-refractivity contribution is 0.885. The summed E-state index contributed by atoms with van der Waals surface area (Å²) in [5.41, 5.74) is 2.32. The number of hydrogen-bond donors (Lipinski definition) is 1. The molecular weight excluding hydrogens is 218 g/mol. The molecule has 1 nitrogen and oxygen atoms in total. The fourth-order valence-electron chi connectivity index (χ4n) is 1.57. The molecule has 1 N–H and O–H groups in total. The first-order valence-electron chi connectivity index (χ1n) is 5.24. The molecule has 2 rings (SSSR count). The van der Waals surface area contributed by atoms with Crippen LogP contribution in [0.1, 0.15) is 18.5 Å². The van der Waals surface area contributed by atoms with Crippen LogP contribution in [-0.2, 0) is 0 Å². The maximum Gasteiger partial charge on any atom is 0.0485 e. The van der Waals surface area contributed by atoms with Crippen molar-refractivity contribution in [1.82, 2.24) is 0 Å². The summed E-state index contributed by atoms with van der Waals surface area (Å²) in [7, 11) is 0.